The van der Waals surface area contributed by atoms with Gasteiger partial charge in [-0.25, -0.2) is 9.59 Å². The van der Waals surface area contributed by atoms with E-state index in [1.54, 1.807) is 0 Å². The first kappa shape index (κ1) is 12.5. The number of carboxylic acids is 2. The van der Waals surface area contributed by atoms with Crippen molar-refractivity contribution in [3.8, 4) is 0 Å². The summed E-state index contributed by atoms with van der Waals surface area (Å²) in [5, 5.41) is 17.1. The largest absolute Gasteiger partial charge is 0.478 e. The first-order chi connectivity index (χ1) is 8.13. The molecule has 2 rings (SSSR count). The van der Waals surface area contributed by atoms with Gasteiger partial charge in [0.2, 0.25) is 0 Å². The van der Waals surface area contributed by atoms with Crippen molar-refractivity contribution in [2.75, 3.05) is 0 Å². The number of hydrogen-bond donors (Lipinski definition) is 3. The van der Waals surface area contributed by atoms with Crippen LogP contribution in [0.3, 0.4) is 0 Å². The molecular weight excluding hydrogens is 222 g/mol. The molecule has 0 atom stereocenters. The van der Waals surface area contributed by atoms with Crippen molar-refractivity contribution in [1.29, 1.82) is 0 Å². The third-order valence-electron chi connectivity index (χ3n) is 1.88. The number of rotatable bonds is 2. The van der Waals surface area contributed by atoms with Crippen molar-refractivity contribution in [3.05, 3.63) is 59.9 Å². The molecule has 0 fully saturated rings. The zero-order chi connectivity index (χ0) is 12.7. The van der Waals surface area contributed by atoms with Gasteiger partial charge >= 0.3 is 11.9 Å². The fourth-order valence-electron chi connectivity index (χ4n) is 1.13. The van der Waals surface area contributed by atoms with Crippen molar-refractivity contribution in [2.24, 2.45) is 0 Å². The predicted molar refractivity (Wildman–Crippen MR) is 61.2 cm³/mol. The summed E-state index contributed by atoms with van der Waals surface area (Å²) < 4.78 is 0. The Hall–Kier alpha value is -2.56. The maximum atomic E-state index is 10.5. The highest BCUT2D eigenvalue weighted by Crippen LogP contribution is 2.07. The summed E-state index contributed by atoms with van der Waals surface area (Å²) in [6.07, 6.45) is 3.75. The minimum absolute atomic E-state index is 0.190. The fourth-order valence-corrected chi connectivity index (χ4v) is 1.13. The Morgan fingerprint density at radius 3 is 1.47 bits per heavy atom. The van der Waals surface area contributed by atoms with E-state index >= 15 is 0 Å². The zero-order valence-electron chi connectivity index (χ0n) is 8.83. The number of aromatic amines is 1. The Morgan fingerprint density at radius 2 is 1.24 bits per heavy atom. The SMILES string of the molecule is O=C(O)c1ccccc1C(=O)O.c1cc[nH]c1. The average molecular weight is 233 g/mol. The van der Waals surface area contributed by atoms with E-state index in [9.17, 15) is 9.59 Å². The minimum atomic E-state index is -1.23. The van der Waals surface area contributed by atoms with Gasteiger partial charge in [0, 0.05) is 12.4 Å². The van der Waals surface area contributed by atoms with Crippen molar-refractivity contribution >= 4 is 11.9 Å². The summed E-state index contributed by atoms with van der Waals surface area (Å²) in [6, 6.07) is 9.36. The van der Waals surface area contributed by atoms with Crippen molar-refractivity contribution in [1.82, 2.24) is 4.98 Å². The number of hydrogen-bond acceptors (Lipinski definition) is 2. The van der Waals surface area contributed by atoms with Gasteiger partial charge in [-0.2, -0.15) is 0 Å². The molecule has 0 aliphatic heterocycles. The van der Waals surface area contributed by atoms with E-state index in [0.29, 0.717) is 0 Å². The van der Waals surface area contributed by atoms with Gasteiger partial charge < -0.3 is 15.2 Å². The normalized spacial score (nSPS) is 8.94. The van der Waals surface area contributed by atoms with Crippen LogP contribution in [0.15, 0.2) is 48.8 Å². The lowest BCUT2D eigenvalue weighted by molar-refractivity contribution is 0.0651. The second-order valence-corrected chi connectivity index (χ2v) is 3.04. The Labute approximate surface area is 97.3 Å². The quantitative estimate of drug-likeness (QED) is 0.740. The van der Waals surface area contributed by atoms with Crippen LogP contribution >= 0.6 is 0 Å². The summed E-state index contributed by atoms with van der Waals surface area (Å²) in [4.78, 5) is 23.8. The molecule has 0 amide bonds. The van der Waals surface area contributed by atoms with Gasteiger partial charge in [-0.05, 0) is 24.3 Å². The predicted octanol–water partition coefficient (Wildman–Crippen LogP) is 2.10. The van der Waals surface area contributed by atoms with E-state index < -0.39 is 11.9 Å². The molecule has 0 unspecified atom stereocenters. The van der Waals surface area contributed by atoms with Gasteiger partial charge in [0.05, 0.1) is 11.1 Å². The molecule has 1 aromatic carbocycles. The lowest BCUT2D eigenvalue weighted by Gasteiger charge is -1.98. The summed E-state index contributed by atoms with van der Waals surface area (Å²) in [7, 11) is 0. The van der Waals surface area contributed by atoms with Crippen LogP contribution in [0.25, 0.3) is 0 Å². The maximum Gasteiger partial charge on any atom is 0.336 e. The summed E-state index contributed by atoms with van der Waals surface area (Å²) in [6.45, 7) is 0. The van der Waals surface area contributed by atoms with Crippen LogP contribution in [0.5, 0.6) is 0 Å². The van der Waals surface area contributed by atoms with Gasteiger partial charge in [0.25, 0.3) is 0 Å². The molecule has 0 radical (unpaired) electrons. The molecule has 0 aliphatic rings. The van der Waals surface area contributed by atoms with Crippen LogP contribution in [-0.2, 0) is 0 Å². The van der Waals surface area contributed by atoms with E-state index in [4.69, 9.17) is 10.2 Å². The summed E-state index contributed by atoms with van der Waals surface area (Å²) in [5.41, 5.74) is -0.380. The Balaban J connectivity index is 0.000000239. The average Bonchev–Trinajstić information content (AvgIpc) is 2.87. The number of aromatic carboxylic acids is 2. The second kappa shape index (κ2) is 6.12. The molecule has 0 spiro atoms. The third-order valence-corrected chi connectivity index (χ3v) is 1.88. The van der Waals surface area contributed by atoms with Crippen molar-refractivity contribution in [3.63, 3.8) is 0 Å². The number of benzene rings is 1. The lowest BCUT2D eigenvalue weighted by atomic mass is 10.1. The number of H-pyrrole nitrogens is 1. The summed E-state index contributed by atoms with van der Waals surface area (Å²) in [5.74, 6) is -2.46. The van der Waals surface area contributed by atoms with E-state index in [2.05, 4.69) is 4.98 Å². The Bertz CT molecular complexity index is 441. The van der Waals surface area contributed by atoms with Gasteiger partial charge in [0.15, 0.2) is 0 Å². The van der Waals surface area contributed by atoms with Crippen molar-refractivity contribution < 1.29 is 19.8 Å². The second-order valence-electron chi connectivity index (χ2n) is 3.04. The zero-order valence-corrected chi connectivity index (χ0v) is 8.83. The van der Waals surface area contributed by atoms with E-state index in [0.717, 1.165) is 0 Å². The molecule has 1 aromatic heterocycles. The van der Waals surface area contributed by atoms with Gasteiger partial charge in [-0.15, -0.1) is 0 Å². The molecule has 2 aromatic rings. The van der Waals surface area contributed by atoms with E-state index in [1.165, 1.54) is 24.3 Å². The molecule has 5 nitrogen and oxygen atoms in total. The standard InChI is InChI=1S/C8H6O4.C4H5N/c9-7(10)5-3-1-2-4-6(5)8(11)12;1-2-4-5-3-1/h1-4H,(H,9,10)(H,11,12);1-5H. The topological polar surface area (TPSA) is 90.4 Å². The van der Waals surface area contributed by atoms with Crippen LogP contribution in [0.1, 0.15) is 20.7 Å². The highest BCUT2D eigenvalue weighted by atomic mass is 16.4. The fraction of sp³-hybridized carbons (Fsp3) is 0. The molecule has 1 heterocycles. The van der Waals surface area contributed by atoms with Gasteiger partial charge in [0.1, 0.15) is 0 Å². The highest BCUT2D eigenvalue weighted by molar-refractivity contribution is 6.01. The van der Waals surface area contributed by atoms with Crippen LogP contribution < -0.4 is 0 Å². The third kappa shape index (κ3) is 3.83. The number of nitrogens with one attached hydrogen (secondary N) is 1. The van der Waals surface area contributed by atoms with Gasteiger partial charge in [-0.3, -0.25) is 0 Å². The number of carboxylic acid groups (broad SMARTS) is 2. The first-order valence-corrected chi connectivity index (χ1v) is 4.76. The van der Waals surface area contributed by atoms with Crippen LogP contribution in [0.4, 0.5) is 0 Å². The Kier molecular flexibility index (Phi) is 4.50. The maximum absolute atomic E-state index is 10.5. The molecule has 0 saturated heterocycles. The van der Waals surface area contributed by atoms with Crippen LogP contribution in [0.2, 0.25) is 0 Å². The summed E-state index contributed by atoms with van der Waals surface area (Å²) >= 11 is 0. The molecule has 0 saturated carbocycles. The monoisotopic (exact) mass is 233 g/mol. The first-order valence-electron chi connectivity index (χ1n) is 4.76. The smallest absolute Gasteiger partial charge is 0.336 e. The van der Waals surface area contributed by atoms with Gasteiger partial charge in [-0.1, -0.05) is 12.1 Å². The number of aromatic nitrogens is 1. The van der Waals surface area contributed by atoms with Crippen LogP contribution in [-0.4, -0.2) is 27.1 Å². The lowest BCUT2D eigenvalue weighted by Crippen LogP contribution is -2.06. The van der Waals surface area contributed by atoms with E-state index in [1.807, 2.05) is 24.5 Å². The van der Waals surface area contributed by atoms with Crippen molar-refractivity contribution in [2.45, 2.75) is 0 Å². The Morgan fingerprint density at radius 1 is 0.824 bits per heavy atom. The van der Waals surface area contributed by atoms with E-state index in [-0.39, 0.29) is 11.1 Å². The molecule has 0 bridgehead atoms. The molecule has 3 N–H and O–H groups in total. The number of carbonyl (C=O) groups is 2. The molecular formula is C12H11NO4. The molecule has 17 heavy (non-hydrogen) atoms. The molecule has 0 aliphatic carbocycles. The molecule has 5 heteroatoms. The van der Waals surface area contributed by atoms with Crippen LogP contribution in [0, 0.1) is 0 Å². The highest BCUT2D eigenvalue weighted by Gasteiger charge is 2.13. The molecule has 88 valence electrons. The minimum Gasteiger partial charge on any atom is -0.478 e.